The number of hydrogen-bond donors (Lipinski definition) is 0. The third-order valence-corrected chi connectivity index (χ3v) is 5.22. The Morgan fingerprint density at radius 2 is 2.10 bits per heavy atom. The van der Waals surface area contributed by atoms with E-state index in [0.717, 1.165) is 25.0 Å². The summed E-state index contributed by atoms with van der Waals surface area (Å²) in [7, 11) is 0. The van der Waals surface area contributed by atoms with Crippen LogP contribution in [0.2, 0.25) is 0 Å². The number of fused-ring (bicyclic) bond motifs is 3. The van der Waals surface area contributed by atoms with Crippen LogP contribution in [-0.4, -0.2) is 15.3 Å². The second kappa shape index (κ2) is 4.30. The lowest BCUT2D eigenvalue weighted by Crippen LogP contribution is -2.39. The number of carbonyl (C=O) groups excluding carboxylic acids is 1. The third kappa shape index (κ3) is 1.73. The highest BCUT2D eigenvalue weighted by Gasteiger charge is 2.44. The number of hydrogen-bond acceptors (Lipinski definition) is 2. The first-order valence-electron chi connectivity index (χ1n) is 7.75. The summed E-state index contributed by atoms with van der Waals surface area (Å²) < 4.78 is 2.20. The number of carbonyl (C=O) groups is 1. The van der Waals surface area contributed by atoms with E-state index >= 15 is 0 Å². The standard InChI is InChI=1S/C18H20N2O/c1-18(2)9-5-8-14(17(18)21)16-13-7-4-3-6-12(13)15-10-19-11-20(15)16/h3-4,6-7,10-11,14,16H,5,8-9H2,1-2H3/t14?,16-/m1/s1. The molecule has 1 unspecified atom stereocenters. The highest BCUT2D eigenvalue weighted by molar-refractivity contribution is 5.89. The van der Waals surface area contributed by atoms with Crippen LogP contribution in [0.1, 0.15) is 44.7 Å². The van der Waals surface area contributed by atoms with Crippen LogP contribution in [0.15, 0.2) is 36.8 Å². The molecule has 0 saturated heterocycles. The minimum atomic E-state index is -0.193. The van der Waals surface area contributed by atoms with Gasteiger partial charge in [0.25, 0.3) is 0 Å². The molecule has 2 aliphatic rings. The van der Waals surface area contributed by atoms with Crippen LogP contribution in [-0.2, 0) is 4.79 Å². The van der Waals surface area contributed by atoms with Crippen LogP contribution in [0.5, 0.6) is 0 Å². The van der Waals surface area contributed by atoms with Crippen LogP contribution in [0.3, 0.4) is 0 Å². The Hall–Kier alpha value is -1.90. The molecule has 108 valence electrons. The predicted molar refractivity (Wildman–Crippen MR) is 81.9 cm³/mol. The van der Waals surface area contributed by atoms with Gasteiger partial charge in [-0.15, -0.1) is 0 Å². The molecule has 0 N–H and O–H groups in total. The zero-order valence-electron chi connectivity index (χ0n) is 12.5. The molecule has 0 amide bonds. The first-order chi connectivity index (χ1) is 10.1. The van der Waals surface area contributed by atoms with Crippen LogP contribution >= 0.6 is 0 Å². The average molecular weight is 280 g/mol. The fourth-order valence-corrected chi connectivity index (χ4v) is 4.10. The van der Waals surface area contributed by atoms with Crippen molar-refractivity contribution in [3.63, 3.8) is 0 Å². The first-order valence-corrected chi connectivity index (χ1v) is 7.75. The molecule has 21 heavy (non-hydrogen) atoms. The van der Waals surface area contributed by atoms with Crippen molar-refractivity contribution in [2.45, 2.75) is 39.2 Å². The molecule has 1 fully saturated rings. The minimum absolute atomic E-state index is 0.0744. The maximum absolute atomic E-state index is 12.9. The zero-order chi connectivity index (χ0) is 14.6. The number of nitrogens with zero attached hydrogens (tertiary/aromatic N) is 2. The lowest BCUT2D eigenvalue weighted by molar-refractivity contribution is -0.135. The Labute approximate surface area is 125 Å². The summed E-state index contributed by atoms with van der Waals surface area (Å²) in [5, 5.41) is 0. The molecule has 1 aliphatic heterocycles. The van der Waals surface area contributed by atoms with Gasteiger partial charge in [-0.2, -0.15) is 0 Å². The van der Waals surface area contributed by atoms with Gasteiger partial charge >= 0.3 is 0 Å². The lowest BCUT2D eigenvalue weighted by Gasteiger charge is -2.37. The van der Waals surface area contributed by atoms with Gasteiger partial charge in [-0.3, -0.25) is 4.79 Å². The smallest absolute Gasteiger partial charge is 0.143 e. The van der Waals surface area contributed by atoms with Crippen molar-refractivity contribution in [1.82, 2.24) is 9.55 Å². The molecule has 2 aromatic rings. The summed E-state index contributed by atoms with van der Waals surface area (Å²) in [6.07, 6.45) is 6.92. The van der Waals surface area contributed by atoms with Crippen LogP contribution < -0.4 is 0 Å². The second-order valence-corrected chi connectivity index (χ2v) is 6.97. The van der Waals surface area contributed by atoms with Crippen LogP contribution in [0.25, 0.3) is 11.3 Å². The molecule has 4 rings (SSSR count). The van der Waals surface area contributed by atoms with Crippen molar-refractivity contribution in [1.29, 1.82) is 0 Å². The van der Waals surface area contributed by atoms with E-state index in [1.54, 1.807) is 0 Å². The molecule has 2 heterocycles. The lowest BCUT2D eigenvalue weighted by atomic mass is 9.68. The van der Waals surface area contributed by atoms with Crippen molar-refractivity contribution in [2.75, 3.05) is 0 Å². The van der Waals surface area contributed by atoms with E-state index in [1.807, 2.05) is 12.5 Å². The molecule has 3 heteroatoms. The van der Waals surface area contributed by atoms with Crippen molar-refractivity contribution >= 4 is 5.78 Å². The highest BCUT2D eigenvalue weighted by atomic mass is 16.1. The van der Waals surface area contributed by atoms with E-state index in [2.05, 4.69) is 47.7 Å². The Morgan fingerprint density at radius 3 is 2.95 bits per heavy atom. The quantitative estimate of drug-likeness (QED) is 0.795. The topological polar surface area (TPSA) is 34.9 Å². The molecule has 0 spiro atoms. The molecule has 2 atom stereocenters. The fourth-order valence-electron chi connectivity index (χ4n) is 4.10. The Bertz CT molecular complexity index is 714. The normalized spacial score (nSPS) is 26.5. The summed E-state index contributed by atoms with van der Waals surface area (Å²) in [5.74, 6) is 0.487. The number of Topliss-reactive ketones (excluding diaryl/α,β-unsaturated/α-hetero) is 1. The van der Waals surface area contributed by atoms with Gasteiger partial charge in [0.15, 0.2) is 0 Å². The van der Waals surface area contributed by atoms with Gasteiger partial charge in [0, 0.05) is 16.9 Å². The molecule has 0 radical (unpaired) electrons. The number of imidazole rings is 1. The number of ketones is 1. The van der Waals surface area contributed by atoms with Gasteiger partial charge in [-0.25, -0.2) is 4.98 Å². The third-order valence-electron chi connectivity index (χ3n) is 5.22. The monoisotopic (exact) mass is 280 g/mol. The Balaban J connectivity index is 1.84. The molecule has 3 nitrogen and oxygen atoms in total. The van der Waals surface area contributed by atoms with Gasteiger partial charge in [0.2, 0.25) is 0 Å². The minimum Gasteiger partial charge on any atom is -0.322 e. The van der Waals surface area contributed by atoms with Gasteiger partial charge < -0.3 is 4.57 Å². The molecule has 1 aromatic carbocycles. The molecule has 1 saturated carbocycles. The molecule has 1 aliphatic carbocycles. The van der Waals surface area contributed by atoms with Gasteiger partial charge in [0.05, 0.1) is 24.3 Å². The maximum atomic E-state index is 12.9. The highest BCUT2D eigenvalue weighted by Crippen LogP contribution is 2.48. The summed E-state index contributed by atoms with van der Waals surface area (Å²) in [5.41, 5.74) is 3.47. The van der Waals surface area contributed by atoms with E-state index in [0.29, 0.717) is 5.78 Å². The van der Waals surface area contributed by atoms with Crippen LogP contribution in [0.4, 0.5) is 0 Å². The van der Waals surface area contributed by atoms with E-state index in [1.165, 1.54) is 11.1 Å². The zero-order valence-corrected chi connectivity index (χ0v) is 12.5. The maximum Gasteiger partial charge on any atom is 0.143 e. The molecule has 0 bridgehead atoms. The van der Waals surface area contributed by atoms with Crippen molar-refractivity contribution in [3.8, 4) is 11.3 Å². The van der Waals surface area contributed by atoms with E-state index in [9.17, 15) is 4.79 Å². The van der Waals surface area contributed by atoms with Gasteiger partial charge in [0.1, 0.15) is 5.78 Å². The number of rotatable bonds is 1. The SMILES string of the molecule is CC1(C)CCCC([C@H]2c3ccccc3-c3cncn32)C1=O. The van der Waals surface area contributed by atoms with Crippen molar-refractivity contribution in [2.24, 2.45) is 11.3 Å². The summed E-state index contributed by atoms with van der Waals surface area (Å²) in [6.45, 7) is 4.19. The fraction of sp³-hybridized carbons (Fsp3) is 0.444. The Morgan fingerprint density at radius 1 is 1.29 bits per heavy atom. The second-order valence-electron chi connectivity index (χ2n) is 6.97. The molecule has 1 aromatic heterocycles. The Kier molecular flexibility index (Phi) is 2.62. The van der Waals surface area contributed by atoms with E-state index < -0.39 is 0 Å². The molecular weight excluding hydrogens is 260 g/mol. The van der Waals surface area contributed by atoms with Gasteiger partial charge in [-0.1, -0.05) is 44.5 Å². The summed E-state index contributed by atoms with van der Waals surface area (Å²) in [4.78, 5) is 17.2. The molecular formula is C18H20N2O. The first kappa shape index (κ1) is 12.8. The van der Waals surface area contributed by atoms with E-state index in [4.69, 9.17) is 0 Å². The van der Waals surface area contributed by atoms with Crippen LogP contribution in [0, 0.1) is 11.3 Å². The predicted octanol–water partition coefficient (Wildman–Crippen LogP) is 3.85. The number of aromatic nitrogens is 2. The summed E-state index contributed by atoms with van der Waals surface area (Å²) in [6, 6.07) is 8.57. The van der Waals surface area contributed by atoms with E-state index in [-0.39, 0.29) is 17.4 Å². The van der Waals surface area contributed by atoms with Crippen molar-refractivity contribution in [3.05, 3.63) is 42.4 Å². The van der Waals surface area contributed by atoms with Crippen molar-refractivity contribution < 1.29 is 4.79 Å². The van der Waals surface area contributed by atoms with Gasteiger partial charge in [-0.05, 0) is 18.4 Å². The average Bonchev–Trinajstić information content (AvgIpc) is 3.03. The number of benzene rings is 1. The summed E-state index contributed by atoms with van der Waals surface area (Å²) >= 11 is 0. The largest absolute Gasteiger partial charge is 0.322 e.